The molecule has 0 heterocycles. The topological polar surface area (TPSA) is 63.2 Å². The average molecular weight is 287 g/mol. The molecule has 0 bridgehead atoms. The third kappa shape index (κ3) is 4.52. The number of ketones is 2. The largest absolute Gasteiger partial charge is 0.349 e. The Morgan fingerprint density at radius 3 is 2.62 bits per heavy atom. The Hall–Kier alpha value is -1.97. The highest BCUT2D eigenvalue weighted by Crippen LogP contribution is 2.27. The Morgan fingerprint density at radius 1 is 1.24 bits per heavy atom. The predicted octanol–water partition coefficient (Wildman–Crippen LogP) is 1.92. The Kier molecular flexibility index (Phi) is 5.26. The zero-order valence-electron chi connectivity index (χ0n) is 12.3. The highest BCUT2D eigenvalue weighted by atomic mass is 16.2. The third-order valence-corrected chi connectivity index (χ3v) is 4.01. The first-order valence-electron chi connectivity index (χ1n) is 7.41. The lowest BCUT2D eigenvalue weighted by Crippen LogP contribution is -2.40. The Balaban J connectivity index is 1.78. The fourth-order valence-corrected chi connectivity index (χ4v) is 2.80. The van der Waals surface area contributed by atoms with Gasteiger partial charge in [0.2, 0.25) is 5.91 Å². The molecule has 0 radical (unpaired) electrons. The summed E-state index contributed by atoms with van der Waals surface area (Å²) in [6.45, 7) is 1.98. The van der Waals surface area contributed by atoms with Crippen LogP contribution in [0.15, 0.2) is 30.3 Å². The van der Waals surface area contributed by atoms with Crippen LogP contribution in [0.4, 0.5) is 0 Å². The van der Waals surface area contributed by atoms with Crippen LogP contribution >= 0.6 is 0 Å². The van der Waals surface area contributed by atoms with Crippen LogP contribution in [0.1, 0.15) is 31.7 Å². The summed E-state index contributed by atoms with van der Waals surface area (Å²) in [5.41, 5.74) is 0.952. The molecule has 0 spiro atoms. The van der Waals surface area contributed by atoms with Crippen molar-refractivity contribution in [1.29, 1.82) is 0 Å². The van der Waals surface area contributed by atoms with Crippen LogP contribution < -0.4 is 5.32 Å². The SMILES string of the molecule is C[C@@H]1CC(=O)CC[C@@H]1C(=O)NCC(=O)Cc1ccccc1. The van der Waals surface area contributed by atoms with Gasteiger partial charge in [-0.15, -0.1) is 0 Å². The molecular formula is C17H21NO3. The molecule has 4 nitrogen and oxygen atoms in total. The van der Waals surface area contributed by atoms with Crippen LogP contribution in [0.2, 0.25) is 0 Å². The van der Waals surface area contributed by atoms with Gasteiger partial charge in [-0.2, -0.15) is 0 Å². The molecule has 1 aliphatic carbocycles. The number of nitrogens with one attached hydrogen (secondary N) is 1. The number of hydrogen-bond donors (Lipinski definition) is 1. The first-order valence-corrected chi connectivity index (χ1v) is 7.41. The molecule has 1 aromatic carbocycles. The number of carbonyl (C=O) groups is 3. The molecule has 112 valence electrons. The number of rotatable bonds is 5. The summed E-state index contributed by atoms with van der Waals surface area (Å²) in [4.78, 5) is 35.3. The average Bonchev–Trinajstić information content (AvgIpc) is 2.46. The second-order valence-corrected chi connectivity index (χ2v) is 5.78. The second kappa shape index (κ2) is 7.16. The number of benzene rings is 1. The molecular weight excluding hydrogens is 266 g/mol. The fourth-order valence-electron chi connectivity index (χ4n) is 2.80. The van der Waals surface area contributed by atoms with E-state index in [2.05, 4.69) is 5.32 Å². The van der Waals surface area contributed by atoms with Gasteiger partial charge < -0.3 is 5.32 Å². The molecule has 1 fully saturated rings. The minimum Gasteiger partial charge on any atom is -0.349 e. The van der Waals surface area contributed by atoms with Crippen LogP contribution in [-0.4, -0.2) is 24.0 Å². The van der Waals surface area contributed by atoms with E-state index < -0.39 is 0 Å². The van der Waals surface area contributed by atoms with Gasteiger partial charge in [-0.1, -0.05) is 37.3 Å². The summed E-state index contributed by atoms with van der Waals surface area (Å²) in [6.07, 6.45) is 1.87. The lowest BCUT2D eigenvalue weighted by molar-refractivity contribution is -0.132. The van der Waals surface area contributed by atoms with Crippen molar-refractivity contribution < 1.29 is 14.4 Å². The Bertz CT molecular complexity index is 524. The summed E-state index contributed by atoms with van der Waals surface area (Å²) >= 11 is 0. The Labute approximate surface area is 124 Å². The standard InChI is InChI=1S/C17H21NO3/c1-12-9-14(19)7-8-16(12)17(21)18-11-15(20)10-13-5-3-2-4-6-13/h2-6,12,16H,7-11H2,1H3,(H,18,21)/t12-,16+/m1/s1. The van der Waals surface area contributed by atoms with E-state index in [1.165, 1.54) is 0 Å². The zero-order chi connectivity index (χ0) is 15.2. The monoisotopic (exact) mass is 287 g/mol. The lowest BCUT2D eigenvalue weighted by Gasteiger charge is -2.26. The van der Waals surface area contributed by atoms with Crippen molar-refractivity contribution in [2.75, 3.05) is 6.54 Å². The minimum absolute atomic E-state index is 0.00547. The first kappa shape index (κ1) is 15.4. The van der Waals surface area contributed by atoms with Crippen LogP contribution in [0.5, 0.6) is 0 Å². The Morgan fingerprint density at radius 2 is 1.95 bits per heavy atom. The molecule has 0 saturated heterocycles. The molecule has 0 unspecified atom stereocenters. The van der Waals surface area contributed by atoms with Crippen LogP contribution in [0, 0.1) is 11.8 Å². The van der Waals surface area contributed by atoms with Gasteiger partial charge in [-0.05, 0) is 17.9 Å². The summed E-state index contributed by atoms with van der Waals surface area (Å²) in [5, 5.41) is 2.72. The van der Waals surface area contributed by atoms with E-state index in [0.717, 1.165) is 5.56 Å². The van der Waals surface area contributed by atoms with E-state index in [0.29, 0.717) is 25.7 Å². The summed E-state index contributed by atoms with van der Waals surface area (Å²) in [7, 11) is 0. The van der Waals surface area contributed by atoms with E-state index in [-0.39, 0.29) is 35.9 Å². The maximum atomic E-state index is 12.1. The molecule has 1 aromatic rings. The third-order valence-electron chi connectivity index (χ3n) is 4.01. The fraction of sp³-hybridized carbons (Fsp3) is 0.471. The van der Waals surface area contributed by atoms with Crippen molar-refractivity contribution >= 4 is 17.5 Å². The second-order valence-electron chi connectivity index (χ2n) is 5.78. The van der Waals surface area contributed by atoms with Crippen molar-refractivity contribution in [2.24, 2.45) is 11.8 Å². The van der Waals surface area contributed by atoms with Gasteiger partial charge in [0.05, 0.1) is 6.54 Å². The number of amides is 1. The van der Waals surface area contributed by atoms with Gasteiger partial charge in [-0.3, -0.25) is 14.4 Å². The van der Waals surface area contributed by atoms with Gasteiger partial charge in [0, 0.05) is 25.2 Å². The summed E-state index contributed by atoms with van der Waals surface area (Å²) in [6, 6.07) is 9.48. The lowest BCUT2D eigenvalue weighted by atomic mass is 9.79. The maximum Gasteiger partial charge on any atom is 0.223 e. The molecule has 1 aliphatic rings. The quantitative estimate of drug-likeness (QED) is 0.900. The number of hydrogen-bond acceptors (Lipinski definition) is 3. The minimum atomic E-state index is -0.146. The molecule has 0 aromatic heterocycles. The molecule has 2 atom stereocenters. The molecule has 21 heavy (non-hydrogen) atoms. The van der Waals surface area contributed by atoms with Crippen molar-refractivity contribution in [2.45, 2.75) is 32.6 Å². The summed E-state index contributed by atoms with van der Waals surface area (Å²) in [5.74, 6) is 0.0416. The van der Waals surface area contributed by atoms with Gasteiger partial charge in [-0.25, -0.2) is 0 Å². The van der Waals surface area contributed by atoms with Crippen LogP contribution in [0.3, 0.4) is 0 Å². The van der Waals surface area contributed by atoms with E-state index in [4.69, 9.17) is 0 Å². The zero-order valence-corrected chi connectivity index (χ0v) is 12.3. The van der Waals surface area contributed by atoms with Crippen molar-refractivity contribution in [3.8, 4) is 0 Å². The smallest absolute Gasteiger partial charge is 0.223 e. The molecule has 2 rings (SSSR count). The molecule has 0 aliphatic heterocycles. The molecule has 1 N–H and O–H groups in total. The maximum absolute atomic E-state index is 12.1. The number of carbonyl (C=O) groups excluding carboxylic acids is 3. The summed E-state index contributed by atoms with van der Waals surface area (Å²) < 4.78 is 0. The van der Waals surface area contributed by atoms with Crippen LogP contribution in [0.25, 0.3) is 0 Å². The highest BCUT2D eigenvalue weighted by Gasteiger charge is 2.31. The predicted molar refractivity (Wildman–Crippen MR) is 79.7 cm³/mol. The highest BCUT2D eigenvalue weighted by molar-refractivity contribution is 5.89. The first-order chi connectivity index (χ1) is 10.1. The van der Waals surface area contributed by atoms with Gasteiger partial charge in [0.1, 0.15) is 5.78 Å². The van der Waals surface area contributed by atoms with Gasteiger partial charge in [0.15, 0.2) is 5.78 Å². The molecule has 4 heteroatoms. The van der Waals surface area contributed by atoms with E-state index in [1.807, 2.05) is 37.3 Å². The van der Waals surface area contributed by atoms with E-state index in [9.17, 15) is 14.4 Å². The van der Waals surface area contributed by atoms with Crippen LogP contribution in [-0.2, 0) is 20.8 Å². The normalized spacial score (nSPS) is 21.9. The van der Waals surface area contributed by atoms with Crippen molar-refractivity contribution in [3.63, 3.8) is 0 Å². The van der Waals surface area contributed by atoms with Crippen molar-refractivity contribution in [3.05, 3.63) is 35.9 Å². The molecule has 1 saturated carbocycles. The van der Waals surface area contributed by atoms with Gasteiger partial charge in [0.25, 0.3) is 0 Å². The number of Topliss-reactive ketones (excluding diaryl/α,β-unsaturated/α-hetero) is 2. The van der Waals surface area contributed by atoms with Crippen molar-refractivity contribution in [1.82, 2.24) is 5.32 Å². The molecule has 1 amide bonds. The van der Waals surface area contributed by atoms with E-state index in [1.54, 1.807) is 0 Å². The van der Waals surface area contributed by atoms with Gasteiger partial charge >= 0.3 is 0 Å². The van der Waals surface area contributed by atoms with E-state index >= 15 is 0 Å².